The van der Waals surface area contributed by atoms with Crippen LogP contribution in [0.3, 0.4) is 0 Å². The quantitative estimate of drug-likeness (QED) is 0.766. The fraction of sp³-hybridized carbons (Fsp3) is 0.800. The Bertz CT molecular complexity index is 427. The van der Waals surface area contributed by atoms with E-state index in [2.05, 4.69) is 28.9 Å². The summed E-state index contributed by atoms with van der Waals surface area (Å²) < 4.78 is 5.28. The van der Waals surface area contributed by atoms with E-state index in [9.17, 15) is 4.79 Å². The molecule has 0 spiro atoms. The number of ketones is 1. The minimum Gasteiger partial charge on any atom is -0.339 e. The molecule has 1 fully saturated rings. The molecule has 1 aromatic rings. The molecule has 1 saturated carbocycles. The Balaban J connectivity index is 1.84. The molecule has 0 saturated heterocycles. The molecule has 0 amide bonds. The first-order valence-corrected chi connectivity index (χ1v) is 7.79. The molecule has 2 rings (SSSR count). The second-order valence-corrected chi connectivity index (χ2v) is 5.49. The highest BCUT2D eigenvalue weighted by Crippen LogP contribution is 2.23. The van der Waals surface area contributed by atoms with Crippen LogP contribution in [0.25, 0.3) is 0 Å². The van der Waals surface area contributed by atoms with Crippen molar-refractivity contribution in [2.45, 2.75) is 52.4 Å². The maximum atomic E-state index is 11.8. The Morgan fingerprint density at radius 2 is 2.10 bits per heavy atom. The maximum Gasteiger partial charge on any atom is 0.227 e. The van der Waals surface area contributed by atoms with Crippen molar-refractivity contribution in [3.05, 3.63) is 11.7 Å². The normalized spacial score (nSPS) is 19.8. The minimum absolute atomic E-state index is 0.0971. The summed E-state index contributed by atoms with van der Waals surface area (Å²) in [6, 6.07) is 0. The average Bonchev–Trinajstić information content (AvgIpc) is 2.90. The van der Waals surface area contributed by atoms with Crippen LogP contribution < -0.4 is 0 Å². The molecule has 0 radical (unpaired) electrons. The van der Waals surface area contributed by atoms with Gasteiger partial charge in [-0.15, -0.1) is 0 Å². The first-order chi connectivity index (χ1) is 9.72. The monoisotopic (exact) mass is 279 g/mol. The number of hydrogen-bond acceptors (Lipinski definition) is 5. The SMILES string of the molecule is CCN(CC)CCc1noc(CC2CCCCC2=O)n1. The first-order valence-electron chi connectivity index (χ1n) is 7.79. The lowest BCUT2D eigenvalue weighted by molar-refractivity contribution is -0.124. The summed E-state index contributed by atoms with van der Waals surface area (Å²) >= 11 is 0. The number of carbonyl (C=O) groups is 1. The molecule has 0 bridgehead atoms. The van der Waals surface area contributed by atoms with Crippen molar-refractivity contribution in [3.63, 3.8) is 0 Å². The van der Waals surface area contributed by atoms with Crippen molar-refractivity contribution in [3.8, 4) is 0 Å². The van der Waals surface area contributed by atoms with Gasteiger partial charge in [0.1, 0.15) is 5.78 Å². The fourth-order valence-electron chi connectivity index (χ4n) is 2.75. The third-order valence-electron chi connectivity index (χ3n) is 4.16. The van der Waals surface area contributed by atoms with E-state index < -0.39 is 0 Å². The van der Waals surface area contributed by atoms with Crippen molar-refractivity contribution in [2.24, 2.45) is 5.92 Å². The molecule has 1 unspecified atom stereocenters. The number of rotatable bonds is 7. The summed E-state index contributed by atoms with van der Waals surface area (Å²) in [6.45, 7) is 7.34. The summed E-state index contributed by atoms with van der Waals surface area (Å²) in [5.74, 6) is 1.84. The molecule has 1 atom stereocenters. The van der Waals surface area contributed by atoms with E-state index in [1.807, 2.05) is 0 Å². The number of aromatic nitrogens is 2. The van der Waals surface area contributed by atoms with Gasteiger partial charge in [-0.25, -0.2) is 0 Å². The van der Waals surface area contributed by atoms with Crippen molar-refractivity contribution >= 4 is 5.78 Å². The van der Waals surface area contributed by atoms with Gasteiger partial charge in [-0.3, -0.25) is 4.79 Å². The summed E-state index contributed by atoms with van der Waals surface area (Å²) in [5.41, 5.74) is 0. The maximum absolute atomic E-state index is 11.8. The lowest BCUT2D eigenvalue weighted by Gasteiger charge is -2.18. The van der Waals surface area contributed by atoms with Gasteiger partial charge in [0.05, 0.1) is 0 Å². The van der Waals surface area contributed by atoms with Gasteiger partial charge in [-0.1, -0.05) is 25.4 Å². The Hall–Kier alpha value is -1.23. The summed E-state index contributed by atoms with van der Waals surface area (Å²) in [6.07, 6.45) is 5.29. The van der Waals surface area contributed by atoms with E-state index in [0.717, 1.165) is 51.1 Å². The standard InChI is InChI=1S/C15H25N3O2/c1-3-18(4-2)10-9-14-16-15(20-17-14)11-12-7-5-6-8-13(12)19/h12H,3-11H2,1-2H3. The van der Waals surface area contributed by atoms with Gasteiger partial charge in [0.2, 0.25) is 5.89 Å². The number of Topliss-reactive ketones (excluding diaryl/α,β-unsaturated/α-hetero) is 1. The highest BCUT2D eigenvalue weighted by atomic mass is 16.5. The van der Waals surface area contributed by atoms with Crippen LogP contribution in [0, 0.1) is 5.92 Å². The molecule has 5 heteroatoms. The minimum atomic E-state index is 0.0971. The Morgan fingerprint density at radius 3 is 2.80 bits per heavy atom. The number of carbonyl (C=O) groups excluding carboxylic acids is 1. The molecule has 1 aliphatic rings. The second kappa shape index (κ2) is 7.53. The summed E-state index contributed by atoms with van der Waals surface area (Å²) in [4.78, 5) is 18.6. The highest BCUT2D eigenvalue weighted by molar-refractivity contribution is 5.81. The molecule has 1 heterocycles. The highest BCUT2D eigenvalue weighted by Gasteiger charge is 2.24. The van der Waals surface area contributed by atoms with E-state index in [1.165, 1.54) is 0 Å². The van der Waals surface area contributed by atoms with Gasteiger partial charge >= 0.3 is 0 Å². The van der Waals surface area contributed by atoms with E-state index in [-0.39, 0.29) is 5.92 Å². The molecule has 0 N–H and O–H groups in total. The lowest BCUT2D eigenvalue weighted by atomic mass is 9.86. The van der Waals surface area contributed by atoms with Crippen LogP contribution in [0.4, 0.5) is 0 Å². The van der Waals surface area contributed by atoms with E-state index in [4.69, 9.17) is 4.52 Å². The average molecular weight is 279 g/mol. The van der Waals surface area contributed by atoms with E-state index >= 15 is 0 Å². The van der Waals surface area contributed by atoms with Crippen molar-refractivity contribution in [2.75, 3.05) is 19.6 Å². The largest absolute Gasteiger partial charge is 0.339 e. The summed E-state index contributed by atoms with van der Waals surface area (Å²) in [7, 11) is 0. The zero-order valence-electron chi connectivity index (χ0n) is 12.6. The van der Waals surface area contributed by atoms with Crippen molar-refractivity contribution in [1.82, 2.24) is 15.0 Å². The first kappa shape index (κ1) is 15.2. The molecule has 1 aromatic heterocycles. The second-order valence-electron chi connectivity index (χ2n) is 5.49. The van der Waals surface area contributed by atoms with Gasteiger partial charge in [0, 0.05) is 31.7 Å². The van der Waals surface area contributed by atoms with Crippen LogP contribution in [0.15, 0.2) is 4.52 Å². The Labute approximate surface area is 120 Å². The van der Waals surface area contributed by atoms with Gasteiger partial charge in [-0.05, 0) is 25.9 Å². The molecule has 112 valence electrons. The Morgan fingerprint density at radius 1 is 1.30 bits per heavy atom. The number of nitrogens with zero attached hydrogens (tertiary/aromatic N) is 3. The lowest BCUT2D eigenvalue weighted by Crippen LogP contribution is -2.25. The van der Waals surface area contributed by atoms with Crippen molar-refractivity contribution < 1.29 is 9.32 Å². The van der Waals surface area contributed by atoms with E-state index in [0.29, 0.717) is 24.5 Å². The number of likely N-dealkylation sites (N-methyl/N-ethyl adjacent to an activating group) is 1. The zero-order chi connectivity index (χ0) is 14.4. The van der Waals surface area contributed by atoms with Gasteiger partial charge in [0.25, 0.3) is 0 Å². The predicted molar refractivity (Wildman–Crippen MR) is 76.5 cm³/mol. The molecule has 20 heavy (non-hydrogen) atoms. The molecule has 5 nitrogen and oxygen atoms in total. The number of hydrogen-bond donors (Lipinski definition) is 0. The third-order valence-corrected chi connectivity index (χ3v) is 4.16. The van der Waals surface area contributed by atoms with Gasteiger partial charge in [0.15, 0.2) is 5.82 Å². The topological polar surface area (TPSA) is 59.2 Å². The van der Waals surface area contributed by atoms with Crippen molar-refractivity contribution in [1.29, 1.82) is 0 Å². The molecule has 0 aromatic carbocycles. The van der Waals surface area contributed by atoms with E-state index in [1.54, 1.807) is 0 Å². The molecular weight excluding hydrogens is 254 g/mol. The molecule has 1 aliphatic carbocycles. The van der Waals surface area contributed by atoms with Crippen LogP contribution >= 0.6 is 0 Å². The van der Waals surface area contributed by atoms with Crippen LogP contribution in [-0.2, 0) is 17.6 Å². The fourth-order valence-corrected chi connectivity index (χ4v) is 2.75. The van der Waals surface area contributed by atoms with Gasteiger partial charge in [-0.2, -0.15) is 4.98 Å². The molecular formula is C15H25N3O2. The smallest absolute Gasteiger partial charge is 0.227 e. The van der Waals surface area contributed by atoms with Crippen LogP contribution in [0.5, 0.6) is 0 Å². The summed E-state index contributed by atoms with van der Waals surface area (Å²) in [5, 5.41) is 4.02. The third kappa shape index (κ3) is 4.13. The molecule has 0 aliphatic heterocycles. The van der Waals surface area contributed by atoms with Gasteiger partial charge < -0.3 is 9.42 Å². The Kier molecular flexibility index (Phi) is 5.71. The van der Waals surface area contributed by atoms with Crippen LogP contribution in [0.2, 0.25) is 0 Å². The zero-order valence-corrected chi connectivity index (χ0v) is 12.6. The van der Waals surface area contributed by atoms with Crippen LogP contribution in [-0.4, -0.2) is 40.5 Å². The van der Waals surface area contributed by atoms with Crippen LogP contribution in [0.1, 0.15) is 51.2 Å². The predicted octanol–water partition coefficient (Wildman–Crippen LogP) is 2.26.